The Kier molecular flexibility index (Phi) is 33.7. The van der Waals surface area contributed by atoms with E-state index in [0.29, 0.717) is 12.5 Å². The minimum Gasteiger partial charge on any atom is -0.748 e. The maximum absolute atomic E-state index is 9.08. The van der Waals surface area contributed by atoms with E-state index in [0.717, 1.165) is 0 Å². The van der Waals surface area contributed by atoms with E-state index in [4.69, 9.17) is 44.9 Å². The number of hydrogen-bond donors (Lipinski definition) is 2. The molecule has 0 aromatic rings. The molecule has 0 unspecified atom stereocenters. The molecular formula is C2H8NiO10P2S2. The van der Waals surface area contributed by atoms with Crippen molar-refractivity contribution in [1.29, 1.82) is 0 Å². The summed E-state index contributed by atoms with van der Waals surface area (Å²) in [5, 5.41) is 0. The van der Waals surface area contributed by atoms with Crippen LogP contribution in [0.2, 0.25) is 0 Å². The van der Waals surface area contributed by atoms with Gasteiger partial charge in [-0.2, -0.15) is 0 Å². The molecule has 0 fully saturated rings. The molecule has 10 nitrogen and oxygen atoms in total. The maximum Gasteiger partial charge on any atom is 2.00 e. The monoisotopic (exact) mass is 376 g/mol. The van der Waals surface area contributed by atoms with E-state index >= 15 is 0 Å². The molecule has 0 rings (SSSR count). The summed E-state index contributed by atoms with van der Waals surface area (Å²) in [6, 6.07) is 0. The minimum absolute atomic E-state index is 0. The van der Waals surface area contributed by atoms with Crippen LogP contribution in [0.4, 0.5) is 0 Å². The zero-order valence-electron chi connectivity index (χ0n) is 8.19. The molecule has 0 bridgehead atoms. The van der Waals surface area contributed by atoms with E-state index in [-0.39, 0.29) is 16.5 Å². The standard InChI is InChI=1S/2CH4O3S.Ni.2HO2P/c2*1-5(2,3)4;;2*1-3-2/h2*1H3,(H,2,3,4);;2*(H,1,2)/q;;+2;;/p-2. The molecule has 0 aliphatic rings. The van der Waals surface area contributed by atoms with Crippen molar-refractivity contribution in [3.05, 3.63) is 0 Å². The van der Waals surface area contributed by atoms with Crippen LogP contribution in [0.1, 0.15) is 0 Å². The number of rotatable bonds is 0. The summed E-state index contributed by atoms with van der Waals surface area (Å²) in [7, 11) is -9.50. The van der Waals surface area contributed by atoms with E-state index in [1.54, 1.807) is 0 Å². The van der Waals surface area contributed by atoms with Crippen molar-refractivity contribution in [2.75, 3.05) is 12.5 Å². The Morgan fingerprint density at radius 3 is 0.824 bits per heavy atom. The van der Waals surface area contributed by atoms with Gasteiger partial charge in [-0.1, -0.05) is 0 Å². The van der Waals surface area contributed by atoms with Crippen LogP contribution in [0.5, 0.6) is 0 Å². The van der Waals surface area contributed by atoms with Crippen LogP contribution in [0.15, 0.2) is 0 Å². The number of hydrogen-bond acceptors (Lipinski definition) is 8. The predicted molar refractivity (Wildman–Crippen MR) is 50.9 cm³/mol. The van der Waals surface area contributed by atoms with Crippen molar-refractivity contribution < 1.29 is 61.3 Å². The molecule has 0 radical (unpaired) electrons. The van der Waals surface area contributed by atoms with Crippen molar-refractivity contribution >= 4 is 37.6 Å². The van der Waals surface area contributed by atoms with Gasteiger partial charge in [-0.15, -0.1) is 0 Å². The van der Waals surface area contributed by atoms with E-state index in [1.165, 1.54) is 0 Å². The molecule has 17 heavy (non-hydrogen) atoms. The van der Waals surface area contributed by atoms with Gasteiger partial charge < -0.3 is 18.9 Å². The van der Waals surface area contributed by atoms with Gasteiger partial charge in [0.1, 0.15) is 0 Å². The van der Waals surface area contributed by atoms with E-state index in [2.05, 4.69) is 0 Å². The van der Waals surface area contributed by atoms with Gasteiger partial charge in [0.2, 0.25) is 0 Å². The Balaban J connectivity index is -0.0000000381. The molecule has 0 saturated heterocycles. The molecule has 0 aromatic carbocycles. The normalized spacial score (nSPS) is 9.29. The Labute approximate surface area is 111 Å². The van der Waals surface area contributed by atoms with Crippen molar-refractivity contribution in [1.82, 2.24) is 0 Å². The molecule has 15 heteroatoms. The summed E-state index contributed by atoms with van der Waals surface area (Å²) >= 11 is 0. The zero-order chi connectivity index (χ0) is 14.4. The summed E-state index contributed by atoms with van der Waals surface area (Å²) in [5.74, 6) is 0. The van der Waals surface area contributed by atoms with Gasteiger partial charge >= 0.3 is 33.9 Å². The summed E-state index contributed by atoms with van der Waals surface area (Å²) in [6.07, 6.45) is 1.21. The summed E-state index contributed by atoms with van der Waals surface area (Å²) in [5.41, 5.74) is 0. The zero-order valence-corrected chi connectivity index (χ0v) is 12.6. The Morgan fingerprint density at radius 2 is 0.824 bits per heavy atom. The largest absolute Gasteiger partial charge is 2.00 e. The maximum atomic E-state index is 9.08. The first-order chi connectivity index (χ1) is 6.83. The third-order valence-corrected chi connectivity index (χ3v) is 0. The smallest absolute Gasteiger partial charge is 0.748 e. The predicted octanol–water partition coefficient (Wildman–Crippen LogP) is -1.31. The van der Waals surface area contributed by atoms with Gasteiger partial charge in [0.05, 0.1) is 20.2 Å². The molecule has 0 saturated carbocycles. The second-order valence-electron chi connectivity index (χ2n) is 1.57. The average Bonchev–Trinajstić information content (AvgIpc) is 1.79. The van der Waals surface area contributed by atoms with Crippen LogP contribution in [-0.4, -0.2) is 48.2 Å². The summed E-state index contributed by atoms with van der Waals surface area (Å²) < 4.78 is 71.4. The Hall–Kier alpha value is 0.434. The second kappa shape index (κ2) is 18.8. The first-order valence-corrected chi connectivity index (χ1v) is 7.74. The van der Waals surface area contributed by atoms with Crippen LogP contribution in [0, 0.1) is 0 Å². The molecule has 0 amide bonds. The third kappa shape index (κ3) is 18200. The van der Waals surface area contributed by atoms with E-state index in [9.17, 15) is 0 Å². The molecule has 0 aromatic heterocycles. The van der Waals surface area contributed by atoms with Crippen LogP contribution in [0.25, 0.3) is 0 Å². The first kappa shape index (κ1) is 30.5. The van der Waals surface area contributed by atoms with Crippen molar-refractivity contribution in [3.8, 4) is 0 Å². The van der Waals surface area contributed by atoms with Crippen molar-refractivity contribution in [2.45, 2.75) is 0 Å². The molecule has 108 valence electrons. The quantitative estimate of drug-likeness (QED) is 0.291. The van der Waals surface area contributed by atoms with Gasteiger partial charge in [-0.25, -0.2) is 26.0 Å². The van der Waals surface area contributed by atoms with Crippen LogP contribution >= 0.6 is 17.4 Å². The van der Waals surface area contributed by atoms with Gasteiger partial charge in [0.25, 0.3) is 0 Å². The molecule has 0 spiro atoms. The van der Waals surface area contributed by atoms with Crippen LogP contribution in [-0.2, 0) is 45.9 Å². The summed E-state index contributed by atoms with van der Waals surface area (Å²) in [6.45, 7) is 0. The third-order valence-electron chi connectivity index (χ3n) is 0. The van der Waals surface area contributed by atoms with Gasteiger partial charge in [-0.3, -0.25) is 0 Å². The van der Waals surface area contributed by atoms with Crippen molar-refractivity contribution in [3.63, 3.8) is 0 Å². The fraction of sp³-hybridized carbons (Fsp3) is 1.00. The molecule has 0 aliphatic carbocycles. The Morgan fingerprint density at radius 1 is 0.824 bits per heavy atom. The molecule has 0 aliphatic heterocycles. The van der Waals surface area contributed by atoms with Crippen molar-refractivity contribution in [2.24, 2.45) is 0 Å². The van der Waals surface area contributed by atoms with Crippen LogP contribution < -0.4 is 0 Å². The fourth-order valence-corrected chi connectivity index (χ4v) is 0. The first-order valence-electron chi connectivity index (χ1n) is 2.58. The Bertz CT molecular complexity index is 295. The van der Waals surface area contributed by atoms with E-state index < -0.39 is 37.6 Å². The average molecular weight is 377 g/mol. The SMILES string of the molecule is CS(=O)(=O)[O-].CS(=O)(=O)[O-].O=PO.O=PO.[Ni+2]. The van der Waals surface area contributed by atoms with Crippen LogP contribution in [0.3, 0.4) is 0 Å². The van der Waals surface area contributed by atoms with Gasteiger partial charge in [-0.05, 0) is 0 Å². The van der Waals surface area contributed by atoms with Gasteiger partial charge in [0.15, 0.2) is 0 Å². The molecule has 2 N–H and O–H groups in total. The topological polar surface area (TPSA) is 189 Å². The summed E-state index contributed by atoms with van der Waals surface area (Å²) in [4.78, 5) is 14.0. The second-order valence-corrected chi connectivity index (χ2v) is 4.71. The molecule has 0 heterocycles. The van der Waals surface area contributed by atoms with E-state index in [1.807, 2.05) is 0 Å². The van der Waals surface area contributed by atoms with Gasteiger partial charge in [0, 0.05) is 12.5 Å². The molecule has 0 atom stereocenters. The fourth-order valence-electron chi connectivity index (χ4n) is 0. The molecular weight excluding hydrogens is 369 g/mol. The minimum atomic E-state index is -3.92.